The van der Waals surface area contributed by atoms with Gasteiger partial charge in [0.2, 0.25) is 0 Å². The van der Waals surface area contributed by atoms with Gasteiger partial charge in [0.05, 0.1) is 22.3 Å². The van der Waals surface area contributed by atoms with Crippen LogP contribution in [0.15, 0.2) is 58.6 Å². The van der Waals surface area contributed by atoms with E-state index < -0.39 is 10.8 Å². The Morgan fingerprint density at radius 2 is 1.57 bits per heavy atom. The molecule has 2 rings (SSSR count). The van der Waals surface area contributed by atoms with Gasteiger partial charge in [-0.15, -0.1) is 0 Å². The van der Waals surface area contributed by atoms with Crippen LogP contribution in [-0.2, 0) is 15.6 Å². The molecule has 0 radical (unpaired) electrons. The van der Waals surface area contributed by atoms with E-state index in [0.29, 0.717) is 20.7 Å². The van der Waals surface area contributed by atoms with Crippen LogP contribution >= 0.6 is 23.2 Å². The minimum absolute atomic E-state index is 0.247. The van der Waals surface area contributed by atoms with Crippen LogP contribution in [0.5, 0.6) is 0 Å². The smallest absolute Gasteiger partial charge is 0.106 e. The lowest BCUT2D eigenvalue weighted by Crippen LogP contribution is -2.13. The van der Waals surface area contributed by atoms with Crippen LogP contribution in [0.2, 0.25) is 10.0 Å². The van der Waals surface area contributed by atoms with Gasteiger partial charge < -0.3 is 4.84 Å². The van der Waals surface area contributed by atoms with Gasteiger partial charge in [-0.25, -0.2) is 0 Å². The quantitative estimate of drug-likeness (QED) is 0.605. The summed E-state index contributed by atoms with van der Waals surface area (Å²) in [5, 5.41) is 5.21. The summed E-state index contributed by atoms with van der Waals surface area (Å²) in [6.07, 6.45) is 0. The maximum atomic E-state index is 12.4. The van der Waals surface area contributed by atoms with E-state index in [0.717, 1.165) is 5.56 Å². The Balaban J connectivity index is 2.20. The SMILES string of the molecule is CO/N=C(\C[S@@](=O)c1ccc(Cl)cc1)c1ccc(Cl)cc1. The summed E-state index contributed by atoms with van der Waals surface area (Å²) >= 11 is 11.7. The van der Waals surface area contributed by atoms with Crippen LogP contribution in [0.3, 0.4) is 0 Å². The van der Waals surface area contributed by atoms with Crippen molar-refractivity contribution >= 4 is 39.7 Å². The average molecular weight is 342 g/mol. The molecule has 0 heterocycles. The minimum Gasteiger partial charge on any atom is -0.399 e. The van der Waals surface area contributed by atoms with Crippen LogP contribution in [0.1, 0.15) is 5.56 Å². The van der Waals surface area contributed by atoms with Gasteiger partial charge in [0.25, 0.3) is 0 Å². The number of benzene rings is 2. The topological polar surface area (TPSA) is 38.7 Å². The second-order valence-corrected chi connectivity index (χ2v) is 6.50. The highest BCUT2D eigenvalue weighted by Crippen LogP contribution is 2.15. The molecule has 0 amide bonds. The Morgan fingerprint density at radius 1 is 1.05 bits per heavy atom. The molecule has 0 aromatic heterocycles. The molecule has 0 aliphatic rings. The molecule has 21 heavy (non-hydrogen) atoms. The zero-order valence-electron chi connectivity index (χ0n) is 11.3. The van der Waals surface area contributed by atoms with Gasteiger partial charge in [0.15, 0.2) is 0 Å². The largest absolute Gasteiger partial charge is 0.399 e. The van der Waals surface area contributed by atoms with Gasteiger partial charge in [-0.05, 0) is 36.4 Å². The molecule has 110 valence electrons. The predicted molar refractivity (Wildman–Crippen MR) is 87.7 cm³/mol. The molecule has 0 aliphatic carbocycles. The zero-order valence-corrected chi connectivity index (χ0v) is 13.6. The predicted octanol–water partition coefficient (Wildman–Crippen LogP) is 4.15. The number of oxime groups is 1. The molecule has 2 aromatic carbocycles. The van der Waals surface area contributed by atoms with E-state index in [1.807, 2.05) is 12.1 Å². The molecule has 3 nitrogen and oxygen atoms in total. The van der Waals surface area contributed by atoms with Gasteiger partial charge >= 0.3 is 0 Å². The molecule has 0 saturated heterocycles. The zero-order chi connectivity index (χ0) is 15.2. The standard InChI is InChI=1S/C15H13Cl2NO2S/c1-20-18-15(11-2-4-12(16)5-3-11)10-21(19)14-8-6-13(17)7-9-14/h2-9H,10H2,1H3/b18-15+/t21-/m1/s1. The van der Waals surface area contributed by atoms with Crippen molar-refractivity contribution in [3.63, 3.8) is 0 Å². The Labute approximate surface area is 136 Å². The van der Waals surface area contributed by atoms with E-state index in [9.17, 15) is 4.21 Å². The van der Waals surface area contributed by atoms with Crippen LogP contribution in [0, 0.1) is 0 Å². The fraction of sp³-hybridized carbons (Fsp3) is 0.133. The molecular weight excluding hydrogens is 329 g/mol. The van der Waals surface area contributed by atoms with E-state index in [-0.39, 0.29) is 5.75 Å². The van der Waals surface area contributed by atoms with E-state index >= 15 is 0 Å². The van der Waals surface area contributed by atoms with Gasteiger partial charge in [-0.3, -0.25) is 4.21 Å². The van der Waals surface area contributed by atoms with Gasteiger partial charge in [-0.2, -0.15) is 0 Å². The molecular formula is C15H13Cl2NO2S. The first-order valence-corrected chi connectivity index (χ1v) is 8.17. The molecule has 6 heteroatoms. The highest BCUT2D eigenvalue weighted by molar-refractivity contribution is 7.85. The lowest BCUT2D eigenvalue weighted by atomic mass is 10.1. The van der Waals surface area contributed by atoms with Crippen molar-refractivity contribution in [2.75, 3.05) is 12.9 Å². The lowest BCUT2D eigenvalue weighted by Gasteiger charge is -2.07. The summed E-state index contributed by atoms with van der Waals surface area (Å²) in [6.45, 7) is 0. The Kier molecular flexibility index (Phi) is 5.79. The summed E-state index contributed by atoms with van der Waals surface area (Å²) in [6, 6.07) is 14.1. The summed E-state index contributed by atoms with van der Waals surface area (Å²) in [7, 11) is 0.228. The fourth-order valence-electron chi connectivity index (χ4n) is 1.71. The summed E-state index contributed by atoms with van der Waals surface area (Å²) < 4.78 is 12.4. The van der Waals surface area contributed by atoms with E-state index in [1.165, 1.54) is 7.11 Å². The van der Waals surface area contributed by atoms with Crippen LogP contribution in [0.25, 0.3) is 0 Å². The molecule has 0 bridgehead atoms. The third kappa shape index (κ3) is 4.56. The first-order valence-electron chi connectivity index (χ1n) is 6.10. The van der Waals surface area contributed by atoms with Gasteiger partial charge in [0, 0.05) is 20.5 Å². The third-order valence-corrected chi connectivity index (χ3v) is 4.56. The van der Waals surface area contributed by atoms with E-state index in [2.05, 4.69) is 5.16 Å². The van der Waals surface area contributed by atoms with Crippen LogP contribution in [0.4, 0.5) is 0 Å². The second kappa shape index (κ2) is 7.59. The molecule has 0 unspecified atom stereocenters. The van der Waals surface area contributed by atoms with E-state index in [4.69, 9.17) is 28.0 Å². The fourth-order valence-corrected chi connectivity index (χ4v) is 3.03. The highest BCUT2D eigenvalue weighted by Gasteiger charge is 2.12. The lowest BCUT2D eigenvalue weighted by molar-refractivity contribution is 0.213. The number of nitrogens with zero attached hydrogens (tertiary/aromatic N) is 1. The number of hydrogen-bond donors (Lipinski definition) is 0. The molecule has 0 aliphatic heterocycles. The summed E-state index contributed by atoms with van der Waals surface area (Å²) in [5.41, 5.74) is 1.42. The van der Waals surface area contributed by atoms with Crippen molar-refractivity contribution in [3.05, 3.63) is 64.1 Å². The van der Waals surface area contributed by atoms with Crippen molar-refractivity contribution in [2.45, 2.75) is 4.90 Å². The number of hydrogen-bond acceptors (Lipinski definition) is 3. The Morgan fingerprint density at radius 3 is 2.10 bits per heavy atom. The van der Waals surface area contributed by atoms with Crippen molar-refractivity contribution in [1.29, 1.82) is 0 Å². The first kappa shape index (κ1) is 16.0. The molecule has 0 spiro atoms. The first-order chi connectivity index (χ1) is 10.1. The van der Waals surface area contributed by atoms with E-state index in [1.54, 1.807) is 36.4 Å². The molecule has 2 aromatic rings. The summed E-state index contributed by atoms with van der Waals surface area (Å²) in [4.78, 5) is 5.54. The maximum absolute atomic E-state index is 12.4. The van der Waals surface area contributed by atoms with Gasteiger partial charge in [0.1, 0.15) is 7.11 Å². The Bertz CT molecular complexity index is 654. The van der Waals surface area contributed by atoms with Crippen molar-refractivity contribution in [2.24, 2.45) is 5.16 Å². The van der Waals surface area contributed by atoms with Crippen LogP contribution in [-0.4, -0.2) is 22.8 Å². The average Bonchev–Trinajstić information content (AvgIpc) is 2.48. The molecule has 0 saturated carbocycles. The second-order valence-electron chi connectivity index (χ2n) is 4.17. The number of rotatable bonds is 5. The number of halogens is 2. The van der Waals surface area contributed by atoms with Crippen molar-refractivity contribution in [1.82, 2.24) is 0 Å². The van der Waals surface area contributed by atoms with Gasteiger partial charge in [-0.1, -0.05) is 40.5 Å². The monoisotopic (exact) mass is 341 g/mol. The maximum Gasteiger partial charge on any atom is 0.106 e. The third-order valence-electron chi connectivity index (χ3n) is 2.72. The van der Waals surface area contributed by atoms with Crippen LogP contribution < -0.4 is 0 Å². The van der Waals surface area contributed by atoms with Crippen molar-refractivity contribution in [3.8, 4) is 0 Å². The minimum atomic E-state index is -1.23. The van der Waals surface area contributed by atoms with Crippen molar-refractivity contribution < 1.29 is 9.05 Å². The highest BCUT2D eigenvalue weighted by atomic mass is 35.5. The normalized spacial score (nSPS) is 13.0. The Hall–Kier alpha value is -1.36. The summed E-state index contributed by atoms with van der Waals surface area (Å²) in [5.74, 6) is 0.247. The molecule has 0 fully saturated rings. The molecule has 1 atom stereocenters. The molecule has 0 N–H and O–H groups in total.